The molecule has 0 aromatic heterocycles. The van der Waals surface area contributed by atoms with Crippen LogP contribution in [0.4, 0.5) is 0 Å². The molecule has 0 aliphatic carbocycles. The van der Waals surface area contributed by atoms with Crippen LogP contribution in [0.1, 0.15) is 21.5 Å². The van der Waals surface area contributed by atoms with Gasteiger partial charge in [-0.05, 0) is 25.0 Å². The summed E-state index contributed by atoms with van der Waals surface area (Å²) < 4.78 is 11.2. The van der Waals surface area contributed by atoms with Gasteiger partial charge in [0.1, 0.15) is 0 Å². The van der Waals surface area contributed by atoms with Gasteiger partial charge in [-0.15, -0.1) is 0 Å². The van der Waals surface area contributed by atoms with Crippen molar-refractivity contribution in [2.45, 2.75) is 24.8 Å². The third kappa shape index (κ3) is 2.65. The first kappa shape index (κ1) is 12.1. The molecule has 0 bridgehead atoms. The van der Waals surface area contributed by atoms with Crippen molar-refractivity contribution in [3.05, 3.63) is 34.9 Å². The third-order valence-electron chi connectivity index (χ3n) is 2.90. The van der Waals surface area contributed by atoms with E-state index < -0.39 is 0 Å². The average molecular weight is 285 g/mol. The van der Waals surface area contributed by atoms with Crippen molar-refractivity contribution in [3.63, 3.8) is 0 Å². The molecule has 0 N–H and O–H groups in total. The summed E-state index contributed by atoms with van der Waals surface area (Å²) in [6.07, 6.45) is 0.120. The lowest BCUT2D eigenvalue weighted by molar-refractivity contribution is -0.0877. The van der Waals surface area contributed by atoms with Gasteiger partial charge in [0.05, 0.1) is 30.8 Å². The van der Waals surface area contributed by atoms with Crippen molar-refractivity contribution in [1.29, 1.82) is 0 Å². The van der Waals surface area contributed by atoms with E-state index in [0.717, 1.165) is 0 Å². The van der Waals surface area contributed by atoms with Crippen molar-refractivity contribution in [3.8, 4) is 0 Å². The van der Waals surface area contributed by atoms with Crippen LogP contribution < -0.4 is 0 Å². The second-order valence-corrected chi connectivity index (χ2v) is 5.23. The Labute approximate surface area is 105 Å². The van der Waals surface area contributed by atoms with Gasteiger partial charge in [0, 0.05) is 0 Å². The second-order valence-electron chi connectivity index (χ2n) is 4.25. The topological polar surface area (TPSA) is 18.5 Å². The summed E-state index contributed by atoms with van der Waals surface area (Å²) in [7, 11) is 0. The Morgan fingerprint density at radius 1 is 1.31 bits per heavy atom. The van der Waals surface area contributed by atoms with E-state index in [1.165, 1.54) is 16.7 Å². The lowest BCUT2D eigenvalue weighted by Crippen LogP contribution is -2.32. The van der Waals surface area contributed by atoms with Crippen molar-refractivity contribution in [1.82, 2.24) is 0 Å². The highest BCUT2D eigenvalue weighted by molar-refractivity contribution is 9.09. The molecule has 1 aliphatic rings. The Hall–Kier alpha value is -0.380. The maximum absolute atomic E-state index is 5.72. The number of alkyl halides is 1. The maximum atomic E-state index is 5.72. The fourth-order valence-corrected chi connectivity index (χ4v) is 2.73. The zero-order valence-corrected chi connectivity index (χ0v) is 11.3. The highest BCUT2D eigenvalue weighted by atomic mass is 79.9. The van der Waals surface area contributed by atoms with Gasteiger partial charge in [0.2, 0.25) is 0 Å². The molecule has 0 amide bonds. The molecular weight excluding hydrogens is 268 g/mol. The van der Waals surface area contributed by atoms with E-state index in [1.807, 2.05) is 0 Å². The van der Waals surface area contributed by atoms with Crippen LogP contribution in [0, 0.1) is 13.8 Å². The van der Waals surface area contributed by atoms with Gasteiger partial charge in [-0.25, -0.2) is 0 Å². The first-order valence-corrected chi connectivity index (χ1v) is 6.50. The SMILES string of the molecule is Cc1ccc(C)c(C(Br)C2COCCO2)c1. The molecule has 1 aliphatic heterocycles. The predicted molar refractivity (Wildman–Crippen MR) is 68.1 cm³/mol. The molecule has 0 spiro atoms. The van der Waals surface area contributed by atoms with Crippen molar-refractivity contribution in [2.75, 3.05) is 19.8 Å². The first-order valence-electron chi connectivity index (χ1n) is 5.59. The zero-order chi connectivity index (χ0) is 11.5. The van der Waals surface area contributed by atoms with Gasteiger partial charge in [-0.3, -0.25) is 0 Å². The molecule has 1 fully saturated rings. The largest absolute Gasteiger partial charge is 0.376 e. The molecule has 0 radical (unpaired) electrons. The molecule has 16 heavy (non-hydrogen) atoms. The molecule has 1 aromatic carbocycles. The van der Waals surface area contributed by atoms with Crippen LogP contribution in [0.15, 0.2) is 18.2 Å². The highest BCUT2D eigenvalue weighted by Gasteiger charge is 2.25. The number of hydrogen-bond donors (Lipinski definition) is 0. The van der Waals surface area contributed by atoms with Gasteiger partial charge in [-0.2, -0.15) is 0 Å². The Morgan fingerprint density at radius 2 is 2.12 bits per heavy atom. The predicted octanol–water partition coefficient (Wildman–Crippen LogP) is 3.15. The number of rotatable bonds is 2. The summed E-state index contributed by atoms with van der Waals surface area (Å²) in [5.41, 5.74) is 3.87. The van der Waals surface area contributed by atoms with E-state index in [-0.39, 0.29) is 10.9 Å². The molecule has 0 saturated carbocycles. The van der Waals surface area contributed by atoms with Gasteiger partial charge >= 0.3 is 0 Å². The fourth-order valence-electron chi connectivity index (χ4n) is 1.93. The molecule has 2 rings (SSSR count). The normalized spacial score (nSPS) is 23.1. The van der Waals surface area contributed by atoms with Crippen LogP contribution >= 0.6 is 15.9 Å². The molecule has 1 saturated heterocycles. The number of aryl methyl sites for hydroxylation is 2. The van der Waals surface area contributed by atoms with Gasteiger partial charge < -0.3 is 9.47 Å². The van der Waals surface area contributed by atoms with Gasteiger partial charge in [0.15, 0.2) is 0 Å². The van der Waals surface area contributed by atoms with Gasteiger partial charge in [0.25, 0.3) is 0 Å². The Bertz CT molecular complexity index is 359. The van der Waals surface area contributed by atoms with E-state index in [1.54, 1.807) is 0 Å². The minimum absolute atomic E-state index is 0.120. The third-order valence-corrected chi connectivity index (χ3v) is 3.98. The summed E-state index contributed by atoms with van der Waals surface area (Å²) in [5.74, 6) is 0. The molecule has 3 heteroatoms. The summed E-state index contributed by atoms with van der Waals surface area (Å²) in [6, 6.07) is 6.51. The van der Waals surface area contributed by atoms with Crippen LogP contribution in [0.3, 0.4) is 0 Å². The van der Waals surface area contributed by atoms with Crippen LogP contribution in [-0.4, -0.2) is 25.9 Å². The van der Waals surface area contributed by atoms with Crippen LogP contribution in [0.25, 0.3) is 0 Å². The highest BCUT2D eigenvalue weighted by Crippen LogP contribution is 2.32. The first-order chi connectivity index (χ1) is 7.68. The number of benzene rings is 1. The number of hydrogen-bond acceptors (Lipinski definition) is 2. The van der Waals surface area contributed by atoms with Gasteiger partial charge in [-0.1, -0.05) is 39.7 Å². The van der Waals surface area contributed by atoms with Crippen LogP contribution in [-0.2, 0) is 9.47 Å². The van der Waals surface area contributed by atoms with E-state index in [4.69, 9.17) is 9.47 Å². The number of halogens is 1. The van der Waals surface area contributed by atoms with Crippen LogP contribution in [0.5, 0.6) is 0 Å². The summed E-state index contributed by atoms with van der Waals surface area (Å²) in [6.45, 7) is 6.32. The van der Waals surface area contributed by atoms with Crippen LogP contribution in [0.2, 0.25) is 0 Å². The minimum atomic E-state index is 0.120. The maximum Gasteiger partial charge on any atom is 0.0975 e. The molecular formula is C13H17BrO2. The molecule has 88 valence electrons. The lowest BCUT2D eigenvalue weighted by Gasteiger charge is -2.28. The summed E-state index contributed by atoms with van der Waals surface area (Å²) in [5, 5.41) is 0. The smallest absolute Gasteiger partial charge is 0.0975 e. The lowest BCUT2D eigenvalue weighted by atomic mass is 10.00. The quantitative estimate of drug-likeness (QED) is 0.777. The Morgan fingerprint density at radius 3 is 2.81 bits per heavy atom. The molecule has 2 nitrogen and oxygen atoms in total. The average Bonchev–Trinajstić information content (AvgIpc) is 2.32. The monoisotopic (exact) mass is 284 g/mol. The van der Waals surface area contributed by atoms with Crippen molar-refractivity contribution in [2.24, 2.45) is 0 Å². The van der Waals surface area contributed by atoms with E-state index in [2.05, 4.69) is 48.0 Å². The summed E-state index contributed by atoms with van der Waals surface area (Å²) >= 11 is 3.73. The number of ether oxygens (including phenoxy) is 2. The van der Waals surface area contributed by atoms with Crippen molar-refractivity contribution < 1.29 is 9.47 Å². The molecule has 2 unspecified atom stereocenters. The second kappa shape index (κ2) is 5.30. The van der Waals surface area contributed by atoms with E-state index in [0.29, 0.717) is 19.8 Å². The fraction of sp³-hybridized carbons (Fsp3) is 0.538. The summed E-state index contributed by atoms with van der Waals surface area (Å²) in [4.78, 5) is 0.215. The molecule has 2 atom stereocenters. The molecule has 1 heterocycles. The Kier molecular flexibility index (Phi) is 4.00. The zero-order valence-electron chi connectivity index (χ0n) is 9.70. The van der Waals surface area contributed by atoms with E-state index in [9.17, 15) is 0 Å². The minimum Gasteiger partial charge on any atom is -0.376 e. The molecule has 1 aromatic rings. The van der Waals surface area contributed by atoms with E-state index >= 15 is 0 Å². The Balaban J connectivity index is 2.18. The van der Waals surface area contributed by atoms with Crippen molar-refractivity contribution >= 4 is 15.9 Å². The standard InChI is InChI=1S/C13H17BrO2/c1-9-3-4-10(2)11(7-9)13(14)12-8-15-5-6-16-12/h3-4,7,12-13H,5-6,8H2,1-2H3.